The van der Waals surface area contributed by atoms with Gasteiger partial charge in [-0.1, -0.05) is 0 Å². The summed E-state index contributed by atoms with van der Waals surface area (Å²) in [7, 11) is 1.67. The van der Waals surface area contributed by atoms with Crippen LogP contribution in [0.3, 0.4) is 0 Å². The first-order valence-electron chi connectivity index (χ1n) is 4.75. The molecule has 2 aromatic heterocycles. The summed E-state index contributed by atoms with van der Waals surface area (Å²) in [6, 6.07) is 2.23. The Bertz CT molecular complexity index is 518. The number of aryl methyl sites for hydroxylation is 1. The lowest BCUT2D eigenvalue weighted by Crippen LogP contribution is -2.09. The average molecular weight is 242 g/mol. The molecule has 0 amide bonds. The van der Waals surface area contributed by atoms with Crippen LogP contribution < -0.4 is 5.32 Å². The molecule has 17 heavy (non-hydrogen) atoms. The van der Waals surface area contributed by atoms with Crippen molar-refractivity contribution in [1.82, 2.24) is 14.8 Å². The molecule has 0 spiro atoms. The zero-order valence-electron chi connectivity index (χ0n) is 8.86. The number of hydrogen-bond donors (Lipinski definition) is 1. The highest BCUT2D eigenvalue weighted by Crippen LogP contribution is 2.34. The van der Waals surface area contributed by atoms with Crippen LogP contribution in [0, 0.1) is 0 Å². The van der Waals surface area contributed by atoms with Crippen molar-refractivity contribution in [2.24, 2.45) is 7.05 Å². The molecule has 0 bridgehead atoms. The summed E-state index contributed by atoms with van der Waals surface area (Å²) in [5.41, 5.74) is -0.347. The fraction of sp³-hybridized carbons (Fsp3) is 0.200. The van der Waals surface area contributed by atoms with Crippen LogP contribution in [0.5, 0.6) is 0 Å². The van der Waals surface area contributed by atoms with Gasteiger partial charge in [0, 0.05) is 19.4 Å². The second kappa shape index (κ2) is 4.08. The van der Waals surface area contributed by atoms with Crippen molar-refractivity contribution in [3.63, 3.8) is 0 Å². The third-order valence-electron chi connectivity index (χ3n) is 2.08. The van der Waals surface area contributed by atoms with Gasteiger partial charge in [-0.2, -0.15) is 18.3 Å². The van der Waals surface area contributed by atoms with E-state index in [4.69, 9.17) is 0 Å². The number of hydrogen-bond acceptors (Lipinski definition) is 3. The van der Waals surface area contributed by atoms with Crippen molar-refractivity contribution in [2.75, 3.05) is 5.32 Å². The van der Waals surface area contributed by atoms with Crippen LogP contribution in [-0.4, -0.2) is 14.8 Å². The molecule has 0 aliphatic rings. The maximum Gasteiger partial charge on any atom is 0.419 e. The van der Waals surface area contributed by atoms with Gasteiger partial charge in [0.2, 0.25) is 0 Å². The van der Waals surface area contributed by atoms with E-state index in [0.717, 1.165) is 6.07 Å². The highest BCUT2D eigenvalue weighted by atomic mass is 19.4. The molecule has 2 heterocycles. The fourth-order valence-corrected chi connectivity index (χ4v) is 1.36. The smallest absolute Gasteiger partial charge is 0.337 e. The number of alkyl halides is 3. The minimum absolute atomic E-state index is 0.229. The summed E-state index contributed by atoms with van der Waals surface area (Å²) in [4.78, 5) is 3.68. The molecule has 7 heteroatoms. The number of halogens is 3. The number of nitrogens with zero attached hydrogens (tertiary/aromatic N) is 3. The Hall–Kier alpha value is -2.05. The molecule has 2 rings (SSSR count). The van der Waals surface area contributed by atoms with Crippen LogP contribution in [0.2, 0.25) is 0 Å². The number of rotatable bonds is 2. The first-order chi connectivity index (χ1) is 7.97. The quantitative estimate of drug-likeness (QED) is 0.880. The molecule has 0 saturated carbocycles. The molecule has 4 nitrogen and oxygen atoms in total. The van der Waals surface area contributed by atoms with E-state index in [1.54, 1.807) is 13.2 Å². The van der Waals surface area contributed by atoms with Gasteiger partial charge in [-0.15, -0.1) is 0 Å². The van der Waals surface area contributed by atoms with Crippen molar-refractivity contribution in [3.8, 4) is 0 Å². The van der Waals surface area contributed by atoms with Gasteiger partial charge in [0.15, 0.2) is 0 Å². The zero-order chi connectivity index (χ0) is 12.5. The van der Waals surface area contributed by atoms with E-state index in [2.05, 4.69) is 15.4 Å². The highest BCUT2D eigenvalue weighted by Gasteiger charge is 2.34. The first-order valence-corrected chi connectivity index (χ1v) is 4.75. The lowest BCUT2D eigenvalue weighted by Gasteiger charge is -2.11. The van der Waals surface area contributed by atoms with Crippen LogP contribution in [-0.2, 0) is 13.2 Å². The van der Waals surface area contributed by atoms with Gasteiger partial charge in [-0.25, -0.2) is 4.98 Å². The molecule has 0 fully saturated rings. The van der Waals surface area contributed by atoms with Gasteiger partial charge in [0.05, 0.1) is 17.4 Å². The van der Waals surface area contributed by atoms with Crippen molar-refractivity contribution in [2.45, 2.75) is 6.18 Å². The van der Waals surface area contributed by atoms with Crippen LogP contribution >= 0.6 is 0 Å². The molecular formula is C10H9F3N4. The van der Waals surface area contributed by atoms with Crippen molar-refractivity contribution >= 4 is 11.5 Å². The predicted molar refractivity (Wildman–Crippen MR) is 55.7 cm³/mol. The molecule has 0 atom stereocenters. The Morgan fingerprint density at radius 2 is 2.12 bits per heavy atom. The van der Waals surface area contributed by atoms with Crippen molar-refractivity contribution in [3.05, 3.63) is 36.3 Å². The largest absolute Gasteiger partial charge is 0.419 e. The van der Waals surface area contributed by atoms with Crippen LogP contribution in [0.4, 0.5) is 24.7 Å². The van der Waals surface area contributed by atoms with Gasteiger partial charge in [-0.3, -0.25) is 4.68 Å². The maximum atomic E-state index is 12.7. The van der Waals surface area contributed by atoms with E-state index in [9.17, 15) is 13.2 Å². The topological polar surface area (TPSA) is 42.7 Å². The van der Waals surface area contributed by atoms with Crippen LogP contribution in [0.15, 0.2) is 30.7 Å². The highest BCUT2D eigenvalue weighted by molar-refractivity contribution is 5.58. The minimum atomic E-state index is -4.43. The summed E-state index contributed by atoms with van der Waals surface area (Å²) in [6.45, 7) is 0. The molecule has 90 valence electrons. The third-order valence-corrected chi connectivity index (χ3v) is 2.08. The molecule has 0 radical (unpaired) electrons. The predicted octanol–water partition coefficient (Wildman–Crippen LogP) is 2.58. The van der Waals surface area contributed by atoms with E-state index >= 15 is 0 Å². The van der Waals surface area contributed by atoms with Crippen LogP contribution in [0.25, 0.3) is 0 Å². The van der Waals surface area contributed by atoms with Crippen LogP contribution in [0.1, 0.15) is 5.56 Å². The molecule has 1 N–H and O–H groups in total. The van der Waals surface area contributed by atoms with Gasteiger partial charge in [0.1, 0.15) is 5.82 Å². The summed E-state index contributed by atoms with van der Waals surface area (Å²) in [5, 5.41) is 6.44. The lowest BCUT2D eigenvalue weighted by molar-refractivity contribution is -0.137. The minimum Gasteiger partial charge on any atom is -0.337 e. The Morgan fingerprint density at radius 3 is 2.71 bits per heavy atom. The first kappa shape index (κ1) is 11.4. The summed E-state index contributed by atoms with van der Waals surface area (Å²) >= 11 is 0. The van der Waals surface area contributed by atoms with E-state index in [-0.39, 0.29) is 5.82 Å². The number of pyridine rings is 1. The SMILES string of the molecule is Cn1cc(Nc2ncccc2C(F)(F)F)cn1. The van der Waals surface area contributed by atoms with Crippen molar-refractivity contribution in [1.29, 1.82) is 0 Å². The summed E-state index contributed by atoms with van der Waals surface area (Å²) in [6.07, 6.45) is -0.142. The fourth-order valence-electron chi connectivity index (χ4n) is 1.36. The second-order valence-electron chi connectivity index (χ2n) is 3.43. The summed E-state index contributed by atoms with van der Waals surface area (Å²) in [5.74, 6) is -0.229. The average Bonchev–Trinajstić information content (AvgIpc) is 2.63. The Morgan fingerprint density at radius 1 is 1.35 bits per heavy atom. The molecule has 0 saturated heterocycles. The van der Waals surface area contributed by atoms with Gasteiger partial charge in [0.25, 0.3) is 0 Å². The lowest BCUT2D eigenvalue weighted by atomic mass is 10.2. The number of nitrogens with one attached hydrogen (secondary N) is 1. The normalized spacial score (nSPS) is 11.5. The van der Waals surface area contributed by atoms with Crippen molar-refractivity contribution < 1.29 is 13.2 Å². The zero-order valence-corrected chi connectivity index (χ0v) is 8.86. The Balaban J connectivity index is 2.33. The van der Waals surface area contributed by atoms with Gasteiger partial charge < -0.3 is 5.32 Å². The van der Waals surface area contributed by atoms with E-state index in [1.807, 2.05) is 0 Å². The van der Waals surface area contributed by atoms with E-state index < -0.39 is 11.7 Å². The number of aromatic nitrogens is 3. The maximum absolute atomic E-state index is 12.7. The summed E-state index contributed by atoms with van der Waals surface area (Å²) < 4.78 is 39.5. The van der Waals surface area contributed by atoms with E-state index in [0.29, 0.717) is 5.69 Å². The van der Waals surface area contributed by atoms with Gasteiger partial charge >= 0.3 is 6.18 Å². The Labute approximate surface area is 95.1 Å². The molecule has 2 aromatic rings. The molecule has 0 aliphatic heterocycles. The molecule has 0 aromatic carbocycles. The monoisotopic (exact) mass is 242 g/mol. The number of anilines is 2. The molecule has 0 unspecified atom stereocenters. The standard InChI is InChI=1S/C10H9F3N4/c1-17-6-7(5-15-17)16-9-8(10(11,12)13)3-2-4-14-9/h2-6H,1H3,(H,14,16). The van der Waals surface area contributed by atoms with E-state index in [1.165, 1.54) is 23.1 Å². The Kier molecular flexibility index (Phi) is 2.74. The molecule has 0 aliphatic carbocycles. The van der Waals surface area contributed by atoms with Gasteiger partial charge in [-0.05, 0) is 12.1 Å². The molecular weight excluding hydrogens is 233 g/mol. The third kappa shape index (κ3) is 2.55. The second-order valence-corrected chi connectivity index (χ2v) is 3.43.